The molecular weight excluding hydrogens is 468 g/mol. The summed E-state index contributed by atoms with van der Waals surface area (Å²) in [6, 6.07) is 6.80. The molecule has 1 aliphatic heterocycles. The molecule has 4 N–H and O–H groups in total. The van der Waals surface area contributed by atoms with Crippen LogP contribution in [0.2, 0.25) is 5.02 Å². The van der Waals surface area contributed by atoms with Crippen molar-refractivity contribution in [3.8, 4) is 5.75 Å². The average molecular weight is 488 g/mol. The molecule has 11 heteroatoms. The summed E-state index contributed by atoms with van der Waals surface area (Å²) in [5.74, 6) is -0.918. The Morgan fingerprint density at radius 2 is 1.81 bits per heavy atom. The number of fused-ring (bicyclic) bond motifs is 1. The quantitative estimate of drug-likeness (QED) is 0.438. The van der Waals surface area contributed by atoms with Crippen LogP contribution in [0.3, 0.4) is 0 Å². The lowest BCUT2D eigenvalue weighted by atomic mass is 9.98. The molecule has 5 atom stereocenters. The summed E-state index contributed by atoms with van der Waals surface area (Å²) >= 11 is 6.98. The third-order valence-corrected chi connectivity index (χ3v) is 6.61. The Kier molecular flexibility index (Phi) is 6.64. The highest BCUT2D eigenvalue weighted by Crippen LogP contribution is 2.42. The first-order chi connectivity index (χ1) is 15.2. The number of halogens is 3. The van der Waals surface area contributed by atoms with E-state index >= 15 is 0 Å². The van der Waals surface area contributed by atoms with Crippen molar-refractivity contribution in [1.29, 1.82) is 0 Å². The van der Waals surface area contributed by atoms with Gasteiger partial charge in [0.05, 0.1) is 19.2 Å². The average Bonchev–Trinajstić information content (AvgIpc) is 3.11. The summed E-state index contributed by atoms with van der Waals surface area (Å²) in [6.45, 7) is -0.617. The minimum absolute atomic E-state index is 0.0751. The third-order valence-electron chi connectivity index (χ3n) is 5.32. The van der Waals surface area contributed by atoms with Gasteiger partial charge in [-0.25, -0.2) is 8.78 Å². The second kappa shape index (κ2) is 9.14. The van der Waals surface area contributed by atoms with Gasteiger partial charge in [0.1, 0.15) is 41.8 Å². The maximum Gasteiger partial charge on any atom is 0.163 e. The van der Waals surface area contributed by atoms with E-state index < -0.39 is 48.9 Å². The fraction of sp³-hybridized carbons (Fsp3) is 0.333. The predicted octanol–water partition coefficient (Wildman–Crippen LogP) is 2.71. The summed E-state index contributed by atoms with van der Waals surface area (Å²) in [6.07, 6.45) is -5.76. The Morgan fingerprint density at radius 1 is 1.06 bits per heavy atom. The number of aliphatic hydroxyl groups is 4. The standard InChI is InChI=1S/C21H20ClF2NO6S/c1-30-10-2-3-15(11(23)6-10)32-16-7-25(13-5-9(22)4-12(24)17(13)16)21-20(29)19(28)18(27)14(8-26)31-21/h2-7,14,18-21,26-29H,8H2,1H3/t14-,18-,19+,20-,21-/m1/s1. The zero-order valence-electron chi connectivity index (χ0n) is 16.7. The molecule has 1 fully saturated rings. The smallest absolute Gasteiger partial charge is 0.163 e. The predicted molar refractivity (Wildman–Crippen MR) is 113 cm³/mol. The van der Waals surface area contributed by atoms with Crippen molar-refractivity contribution in [2.75, 3.05) is 13.7 Å². The Morgan fingerprint density at radius 3 is 2.47 bits per heavy atom. The van der Waals surface area contributed by atoms with Crippen LogP contribution in [0.1, 0.15) is 6.23 Å². The first kappa shape index (κ1) is 23.2. The van der Waals surface area contributed by atoms with Crippen LogP contribution < -0.4 is 4.74 Å². The summed E-state index contributed by atoms with van der Waals surface area (Å²) < 4.78 is 41.4. The van der Waals surface area contributed by atoms with Crippen molar-refractivity contribution in [1.82, 2.24) is 4.57 Å². The van der Waals surface area contributed by atoms with Gasteiger partial charge in [0, 0.05) is 32.5 Å². The molecule has 172 valence electrons. The molecule has 0 saturated carbocycles. The van der Waals surface area contributed by atoms with Gasteiger partial charge in [-0.05, 0) is 24.3 Å². The number of rotatable bonds is 5. The molecule has 4 rings (SSSR count). The van der Waals surface area contributed by atoms with Crippen LogP contribution in [0.15, 0.2) is 46.3 Å². The maximum absolute atomic E-state index is 14.9. The summed E-state index contributed by atoms with van der Waals surface area (Å²) in [5.41, 5.74) is 0.218. The lowest BCUT2D eigenvalue weighted by molar-refractivity contribution is -0.250. The Labute approximate surface area is 190 Å². The van der Waals surface area contributed by atoms with Gasteiger partial charge in [-0.2, -0.15) is 0 Å². The van der Waals surface area contributed by atoms with E-state index in [2.05, 4.69) is 0 Å². The van der Waals surface area contributed by atoms with Crippen molar-refractivity contribution in [3.05, 3.63) is 53.2 Å². The van der Waals surface area contributed by atoms with Crippen LogP contribution in [0, 0.1) is 11.6 Å². The number of ether oxygens (including phenoxy) is 2. The zero-order chi connectivity index (χ0) is 23.2. The second-order valence-corrected chi connectivity index (χ2v) is 8.82. The summed E-state index contributed by atoms with van der Waals surface area (Å²) in [7, 11) is 1.41. The topological polar surface area (TPSA) is 104 Å². The van der Waals surface area contributed by atoms with Crippen molar-refractivity contribution < 1.29 is 38.7 Å². The molecule has 0 unspecified atom stereocenters. The number of aromatic nitrogens is 1. The summed E-state index contributed by atoms with van der Waals surface area (Å²) in [4.78, 5) is 0.503. The first-order valence-corrected chi connectivity index (χ1v) is 10.8. The lowest BCUT2D eigenvalue weighted by Gasteiger charge is -2.40. The monoisotopic (exact) mass is 487 g/mol. The molecule has 7 nitrogen and oxygen atoms in total. The van der Waals surface area contributed by atoms with Gasteiger partial charge >= 0.3 is 0 Å². The molecule has 0 amide bonds. The molecule has 0 bridgehead atoms. The van der Waals surface area contributed by atoms with E-state index in [0.717, 1.165) is 17.8 Å². The second-order valence-electron chi connectivity index (χ2n) is 7.30. The van der Waals surface area contributed by atoms with Crippen LogP contribution >= 0.6 is 23.4 Å². The van der Waals surface area contributed by atoms with Gasteiger partial charge in [-0.1, -0.05) is 23.4 Å². The maximum atomic E-state index is 14.9. The Bertz CT molecular complexity index is 1140. The SMILES string of the molecule is COc1ccc(Sc2cn([C@@H]3O[C@H](CO)[C@@H](O)[C@H](O)[C@H]3O)c3cc(Cl)cc(F)c23)c(F)c1. The van der Waals surface area contributed by atoms with Crippen molar-refractivity contribution in [3.63, 3.8) is 0 Å². The van der Waals surface area contributed by atoms with Gasteiger partial charge in [0.2, 0.25) is 0 Å². The van der Waals surface area contributed by atoms with Crippen LogP contribution in [0.5, 0.6) is 5.75 Å². The molecule has 1 saturated heterocycles. The summed E-state index contributed by atoms with van der Waals surface area (Å²) in [5, 5.41) is 40.4. The number of aliphatic hydroxyl groups excluding tert-OH is 4. The van der Waals surface area contributed by atoms with Crippen LogP contribution in [-0.4, -0.2) is 63.1 Å². The van der Waals surface area contributed by atoms with Crippen molar-refractivity contribution in [2.45, 2.75) is 40.4 Å². The number of benzene rings is 2. The van der Waals surface area contributed by atoms with Gasteiger partial charge in [-0.3, -0.25) is 0 Å². The lowest BCUT2D eigenvalue weighted by Crippen LogP contribution is -2.56. The first-order valence-electron chi connectivity index (χ1n) is 9.56. The van der Waals surface area contributed by atoms with Crippen LogP contribution in [-0.2, 0) is 4.74 Å². The van der Waals surface area contributed by atoms with Crippen LogP contribution in [0.25, 0.3) is 10.9 Å². The minimum Gasteiger partial charge on any atom is -0.497 e. The molecule has 3 aromatic rings. The molecule has 2 aromatic carbocycles. The van der Waals surface area contributed by atoms with Crippen molar-refractivity contribution in [2.24, 2.45) is 0 Å². The molecule has 1 aliphatic rings. The fourth-order valence-electron chi connectivity index (χ4n) is 3.68. The number of methoxy groups -OCH3 is 1. The minimum atomic E-state index is -1.62. The highest BCUT2D eigenvalue weighted by molar-refractivity contribution is 7.99. The van der Waals surface area contributed by atoms with E-state index in [1.54, 1.807) is 6.07 Å². The highest BCUT2D eigenvalue weighted by Gasteiger charge is 2.44. The molecule has 32 heavy (non-hydrogen) atoms. The molecule has 1 aromatic heterocycles. The largest absolute Gasteiger partial charge is 0.497 e. The normalized spacial score (nSPS) is 25.9. The van der Waals surface area contributed by atoms with Crippen molar-refractivity contribution >= 4 is 34.3 Å². The zero-order valence-corrected chi connectivity index (χ0v) is 18.2. The highest BCUT2D eigenvalue weighted by atomic mass is 35.5. The number of hydrogen-bond acceptors (Lipinski definition) is 7. The fourth-order valence-corrected chi connectivity index (χ4v) is 4.88. The number of hydrogen-bond donors (Lipinski definition) is 4. The van der Waals surface area contributed by atoms with E-state index in [-0.39, 0.29) is 20.8 Å². The molecule has 0 spiro atoms. The van der Waals surface area contributed by atoms with E-state index in [9.17, 15) is 29.2 Å². The van der Waals surface area contributed by atoms with E-state index in [1.807, 2.05) is 0 Å². The molecule has 0 radical (unpaired) electrons. The van der Waals surface area contributed by atoms with E-state index in [0.29, 0.717) is 10.6 Å². The molecule has 0 aliphatic carbocycles. The van der Waals surface area contributed by atoms with Crippen LogP contribution in [0.4, 0.5) is 8.78 Å². The Hall–Kier alpha value is -1.92. The van der Waals surface area contributed by atoms with E-state index in [4.69, 9.17) is 21.1 Å². The van der Waals surface area contributed by atoms with Gasteiger partial charge in [0.25, 0.3) is 0 Å². The third kappa shape index (κ3) is 4.08. The molecule has 2 heterocycles. The molecular formula is C21H20ClF2NO6S. The van der Waals surface area contributed by atoms with Gasteiger partial charge in [0.15, 0.2) is 6.23 Å². The van der Waals surface area contributed by atoms with Gasteiger partial charge in [-0.15, -0.1) is 0 Å². The van der Waals surface area contributed by atoms with E-state index in [1.165, 1.54) is 36.1 Å². The Balaban J connectivity index is 1.83. The van der Waals surface area contributed by atoms with Gasteiger partial charge < -0.3 is 34.5 Å². The number of nitrogens with zero attached hydrogens (tertiary/aromatic N) is 1.